The fourth-order valence-electron chi connectivity index (χ4n) is 2.83. The minimum atomic E-state index is -1.20. The molecule has 0 aliphatic heterocycles. The summed E-state index contributed by atoms with van der Waals surface area (Å²) in [5, 5.41) is 14.7. The zero-order valence-electron chi connectivity index (χ0n) is 17.7. The average Bonchev–Trinajstić information content (AvgIpc) is 2.75. The number of aromatic amines is 1. The van der Waals surface area contributed by atoms with Gasteiger partial charge in [-0.05, 0) is 0 Å². The van der Waals surface area contributed by atoms with E-state index in [1.54, 1.807) is 12.1 Å². The number of hydrogen-bond donors (Lipinski definition) is 5. The molecule has 1 aromatic carbocycles. The van der Waals surface area contributed by atoms with Crippen molar-refractivity contribution in [2.45, 2.75) is 25.4 Å². The van der Waals surface area contributed by atoms with Gasteiger partial charge in [-0.15, -0.1) is 0 Å². The van der Waals surface area contributed by atoms with Gasteiger partial charge in [0.1, 0.15) is 0 Å². The van der Waals surface area contributed by atoms with Crippen molar-refractivity contribution in [2.24, 2.45) is 0 Å². The SMILES string of the molecule is [Al].[Li][C](=O)CC[C@H](NC(=O)c1ccc(NCc2cnc3nc(N)[nH]c(=O)c3n2)cc1)C(=O)O. The van der Waals surface area contributed by atoms with Gasteiger partial charge in [0.15, 0.2) is 11.2 Å². The predicted octanol–water partition coefficient (Wildman–Crippen LogP) is -0.815. The summed E-state index contributed by atoms with van der Waals surface area (Å²) in [7, 11) is 0. The van der Waals surface area contributed by atoms with Crippen LogP contribution in [-0.2, 0) is 16.1 Å². The van der Waals surface area contributed by atoms with Crippen LogP contribution >= 0.6 is 0 Å². The van der Waals surface area contributed by atoms with Gasteiger partial charge in [0.25, 0.3) is 5.56 Å². The quantitative estimate of drug-likeness (QED) is 0.253. The fourth-order valence-corrected chi connectivity index (χ4v) is 2.83. The van der Waals surface area contributed by atoms with Crippen molar-refractivity contribution in [3.8, 4) is 0 Å². The Morgan fingerprint density at radius 3 is 2.52 bits per heavy atom. The number of nitrogens with zero attached hydrogens (tertiary/aromatic N) is 3. The molecule has 0 saturated heterocycles. The van der Waals surface area contributed by atoms with E-state index in [9.17, 15) is 24.3 Å². The Kier molecular flexibility index (Phi) is 9.14. The number of benzene rings is 1. The third-order valence-corrected chi connectivity index (χ3v) is 4.50. The number of carboxylic acid groups (broad SMARTS) is 1. The van der Waals surface area contributed by atoms with E-state index in [-0.39, 0.29) is 63.9 Å². The molecule has 0 unspecified atom stereocenters. The molecule has 14 heteroatoms. The zero-order chi connectivity index (χ0) is 23.3. The zero-order valence-corrected chi connectivity index (χ0v) is 18.8. The Bertz CT molecular complexity index is 1240. The summed E-state index contributed by atoms with van der Waals surface area (Å²) in [5.41, 5.74) is 6.64. The standard InChI is InChI=1S/C19H18N7O5.Al.Li/c20-19-25-15-14(17(29)26-19)23-12(9-22-15)8-21-11-5-3-10(4-6-11)16(28)24-13(18(30)31)2-1-7-27;;/h3-6,9,13,21H,1-2,8H2,(H,24,28)(H,30,31)(H3,20,22,25,26,29);;/t13-;;/m0../s1. The summed E-state index contributed by atoms with van der Waals surface area (Å²) in [6.07, 6.45) is 1.55. The van der Waals surface area contributed by atoms with E-state index < -0.39 is 23.5 Å². The second kappa shape index (κ2) is 11.6. The van der Waals surface area contributed by atoms with Crippen LogP contribution in [0.3, 0.4) is 0 Å². The molecule has 3 aromatic rings. The van der Waals surface area contributed by atoms with Gasteiger partial charge in [-0.25, -0.2) is 9.97 Å². The van der Waals surface area contributed by atoms with Crippen molar-refractivity contribution >= 4 is 74.2 Å². The Balaban J connectivity index is 0.00000385. The van der Waals surface area contributed by atoms with Crippen molar-refractivity contribution < 1.29 is 19.5 Å². The van der Waals surface area contributed by atoms with Gasteiger partial charge in [-0.1, -0.05) is 0 Å². The topological polar surface area (TPSA) is 193 Å². The number of carbonyl (C=O) groups is 3. The number of anilines is 2. The van der Waals surface area contributed by atoms with Crippen LogP contribution < -0.4 is 21.9 Å². The fraction of sp³-hybridized carbons (Fsp3) is 0.211. The van der Waals surface area contributed by atoms with Gasteiger partial charge in [-0.3, -0.25) is 9.78 Å². The first-order valence-corrected chi connectivity index (χ1v) is 9.61. The number of amides is 1. The number of hydrogen-bond acceptors (Lipinski definition) is 9. The number of aromatic nitrogens is 4. The van der Waals surface area contributed by atoms with E-state index in [0.29, 0.717) is 11.4 Å². The van der Waals surface area contributed by atoms with Gasteiger partial charge in [-0.2, -0.15) is 4.98 Å². The van der Waals surface area contributed by atoms with E-state index in [0.717, 1.165) is 0 Å². The maximum atomic E-state index is 12.3. The molecule has 163 valence electrons. The van der Waals surface area contributed by atoms with E-state index in [4.69, 9.17) is 5.73 Å². The molecule has 3 radical (unpaired) electrons. The first-order chi connectivity index (χ1) is 15.2. The van der Waals surface area contributed by atoms with Gasteiger partial charge in [0.05, 0.1) is 11.9 Å². The molecule has 2 heterocycles. The third kappa shape index (κ3) is 7.14. The Hall–Kier alpha value is -3.22. The molecule has 0 aliphatic rings. The van der Waals surface area contributed by atoms with Crippen molar-refractivity contribution in [3.05, 3.63) is 52.1 Å². The van der Waals surface area contributed by atoms with Gasteiger partial charge in [0.2, 0.25) is 5.95 Å². The molecule has 3 rings (SSSR count). The minimum absolute atomic E-state index is 0. The maximum absolute atomic E-state index is 12.3. The molecule has 0 bridgehead atoms. The first-order valence-electron chi connectivity index (χ1n) is 9.61. The monoisotopic (exact) mass is 458 g/mol. The first kappa shape index (κ1) is 26.0. The van der Waals surface area contributed by atoms with Gasteiger partial charge < -0.3 is 5.73 Å². The summed E-state index contributed by atoms with van der Waals surface area (Å²) in [5.74, 6) is -1.80. The number of H-pyrrole nitrogens is 1. The van der Waals surface area contributed by atoms with Gasteiger partial charge >= 0.3 is 125 Å². The summed E-state index contributed by atoms with van der Waals surface area (Å²) in [4.78, 5) is 61.2. The second-order valence-electron chi connectivity index (χ2n) is 7.02. The number of rotatable bonds is 9. The number of nitrogens with one attached hydrogen (secondary N) is 3. The van der Waals surface area contributed by atoms with Gasteiger partial charge in [0, 0.05) is 17.4 Å². The molecule has 0 spiro atoms. The van der Waals surface area contributed by atoms with E-state index in [2.05, 4.69) is 30.6 Å². The molecular formula is C19H18AlLiN7O5. The average molecular weight is 458 g/mol. The van der Waals surface area contributed by atoms with Crippen molar-refractivity contribution in [1.29, 1.82) is 0 Å². The molecule has 0 saturated carbocycles. The van der Waals surface area contributed by atoms with Crippen LogP contribution in [0.2, 0.25) is 0 Å². The molecular weight excluding hydrogens is 440 g/mol. The molecule has 1 amide bonds. The Labute approximate surface area is 207 Å². The Morgan fingerprint density at radius 2 is 1.88 bits per heavy atom. The van der Waals surface area contributed by atoms with Crippen LogP contribution in [-0.4, -0.2) is 82.5 Å². The molecule has 1 atom stereocenters. The molecule has 12 nitrogen and oxygen atoms in total. The summed E-state index contributed by atoms with van der Waals surface area (Å²) in [6, 6.07) is 5.20. The van der Waals surface area contributed by atoms with Crippen LogP contribution in [0.5, 0.6) is 0 Å². The summed E-state index contributed by atoms with van der Waals surface area (Å²) in [6.45, 7) is 0.254. The number of fused-ring (bicyclic) bond motifs is 1. The second-order valence-corrected chi connectivity index (χ2v) is 7.02. The van der Waals surface area contributed by atoms with Crippen LogP contribution in [0.25, 0.3) is 11.2 Å². The molecule has 6 N–H and O–H groups in total. The van der Waals surface area contributed by atoms with Crippen molar-refractivity contribution in [1.82, 2.24) is 25.3 Å². The van der Waals surface area contributed by atoms with E-state index >= 15 is 0 Å². The predicted molar refractivity (Wildman–Crippen MR) is 121 cm³/mol. The number of aliphatic carboxylic acids is 1. The van der Waals surface area contributed by atoms with E-state index in [1.165, 1.54) is 36.0 Å². The number of carboxylic acids is 1. The van der Waals surface area contributed by atoms with Crippen LogP contribution in [0.1, 0.15) is 28.9 Å². The molecule has 0 aliphatic carbocycles. The van der Waals surface area contributed by atoms with E-state index in [1.807, 2.05) is 0 Å². The molecule has 0 fully saturated rings. The van der Waals surface area contributed by atoms with Crippen molar-refractivity contribution in [3.63, 3.8) is 0 Å². The number of nitrogens with two attached hydrogens (primary N) is 1. The van der Waals surface area contributed by atoms with Crippen LogP contribution in [0, 0.1) is 0 Å². The number of nitrogen functional groups attached to an aromatic ring is 1. The third-order valence-electron chi connectivity index (χ3n) is 4.50. The molecule has 33 heavy (non-hydrogen) atoms. The summed E-state index contributed by atoms with van der Waals surface area (Å²) >= 11 is 1.36. The Morgan fingerprint density at radius 1 is 1.18 bits per heavy atom. The summed E-state index contributed by atoms with van der Waals surface area (Å²) < 4.78 is -0.151. The van der Waals surface area contributed by atoms with Crippen LogP contribution in [0.15, 0.2) is 35.3 Å². The van der Waals surface area contributed by atoms with Crippen LogP contribution in [0.4, 0.5) is 11.6 Å². The number of carbonyl (C=O) groups excluding carboxylic acids is 2. The molecule has 2 aromatic heterocycles. The normalized spacial score (nSPS) is 11.3. The van der Waals surface area contributed by atoms with Crippen molar-refractivity contribution in [2.75, 3.05) is 11.1 Å².